The molecule has 0 atom stereocenters. The minimum atomic E-state index is 0.244. The predicted octanol–water partition coefficient (Wildman–Crippen LogP) is 1.32. The van der Waals surface area contributed by atoms with Crippen molar-refractivity contribution in [2.24, 2.45) is 0 Å². The number of imidazole rings is 1. The van der Waals surface area contributed by atoms with Crippen LogP contribution in [0.5, 0.6) is 0 Å². The van der Waals surface area contributed by atoms with Crippen LogP contribution >= 0.6 is 0 Å². The maximum Gasteiger partial charge on any atom is 0.0926 e. The van der Waals surface area contributed by atoms with Gasteiger partial charge in [-0.1, -0.05) is 12.8 Å². The minimum Gasteiger partial charge on any atom is -0.348 e. The highest BCUT2D eigenvalue weighted by Crippen LogP contribution is 2.40. The lowest BCUT2D eigenvalue weighted by molar-refractivity contribution is 0.315. The van der Waals surface area contributed by atoms with Crippen molar-refractivity contribution in [3.8, 4) is 0 Å². The van der Waals surface area contributed by atoms with Gasteiger partial charge in [-0.25, -0.2) is 4.98 Å². The molecule has 0 saturated heterocycles. The summed E-state index contributed by atoms with van der Waals surface area (Å²) in [7, 11) is 0. The fourth-order valence-corrected chi connectivity index (χ4v) is 2.83. The van der Waals surface area contributed by atoms with Crippen molar-refractivity contribution in [2.75, 3.05) is 6.54 Å². The Morgan fingerprint density at radius 2 is 2.15 bits per heavy atom. The van der Waals surface area contributed by atoms with Gasteiger partial charge in [-0.2, -0.15) is 0 Å². The first-order valence-electron chi connectivity index (χ1n) is 5.18. The number of aromatic nitrogens is 2. The molecular formula is C10H15N3. The molecule has 1 aliphatic heterocycles. The van der Waals surface area contributed by atoms with E-state index in [2.05, 4.69) is 15.3 Å². The normalized spacial score (nSPS) is 24.9. The Bertz CT molecular complexity index is 310. The third-order valence-electron chi connectivity index (χ3n) is 3.47. The summed E-state index contributed by atoms with van der Waals surface area (Å²) in [6.07, 6.45) is 8.18. The smallest absolute Gasteiger partial charge is 0.0926 e. The Morgan fingerprint density at radius 1 is 1.31 bits per heavy atom. The highest BCUT2D eigenvalue weighted by molar-refractivity contribution is 5.26. The van der Waals surface area contributed by atoms with Gasteiger partial charge in [-0.15, -0.1) is 0 Å². The molecule has 1 aromatic heterocycles. The molecule has 1 fully saturated rings. The number of H-pyrrole nitrogens is 1. The summed E-state index contributed by atoms with van der Waals surface area (Å²) >= 11 is 0. The topological polar surface area (TPSA) is 40.7 Å². The first kappa shape index (κ1) is 7.56. The van der Waals surface area contributed by atoms with Crippen molar-refractivity contribution >= 4 is 0 Å². The molecular weight excluding hydrogens is 162 g/mol. The van der Waals surface area contributed by atoms with Gasteiger partial charge in [0.2, 0.25) is 0 Å². The average Bonchev–Trinajstić information content (AvgIpc) is 2.74. The highest BCUT2D eigenvalue weighted by Gasteiger charge is 2.40. The lowest BCUT2D eigenvalue weighted by atomic mass is 9.88. The number of rotatable bonds is 0. The maximum atomic E-state index is 4.47. The second-order valence-corrected chi connectivity index (χ2v) is 4.20. The van der Waals surface area contributed by atoms with E-state index in [1.54, 1.807) is 0 Å². The number of nitrogens with zero attached hydrogens (tertiary/aromatic N) is 1. The molecule has 70 valence electrons. The van der Waals surface area contributed by atoms with Crippen LogP contribution in [0.15, 0.2) is 6.33 Å². The minimum absolute atomic E-state index is 0.244. The largest absolute Gasteiger partial charge is 0.348 e. The summed E-state index contributed by atoms with van der Waals surface area (Å²) in [5, 5.41) is 3.65. The van der Waals surface area contributed by atoms with Crippen LogP contribution < -0.4 is 5.32 Å². The van der Waals surface area contributed by atoms with E-state index in [4.69, 9.17) is 0 Å². The number of fused-ring (bicyclic) bond motifs is 2. The molecule has 13 heavy (non-hydrogen) atoms. The lowest BCUT2D eigenvalue weighted by Crippen LogP contribution is -2.45. The fourth-order valence-electron chi connectivity index (χ4n) is 2.83. The molecule has 1 spiro atoms. The van der Waals surface area contributed by atoms with Crippen molar-refractivity contribution in [3.63, 3.8) is 0 Å². The molecule has 3 nitrogen and oxygen atoms in total. The van der Waals surface area contributed by atoms with E-state index < -0.39 is 0 Å². The van der Waals surface area contributed by atoms with Crippen molar-refractivity contribution in [1.29, 1.82) is 0 Å². The molecule has 0 aromatic carbocycles. The Morgan fingerprint density at radius 3 is 3.00 bits per heavy atom. The van der Waals surface area contributed by atoms with Crippen LogP contribution in [-0.4, -0.2) is 16.5 Å². The molecule has 1 aromatic rings. The molecule has 1 saturated carbocycles. The number of hydrogen-bond donors (Lipinski definition) is 2. The summed E-state index contributed by atoms with van der Waals surface area (Å²) in [5.74, 6) is 0. The van der Waals surface area contributed by atoms with Gasteiger partial charge in [0.05, 0.1) is 17.6 Å². The van der Waals surface area contributed by atoms with Crippen LogP contribution in [0.4, 0.5) is 0 Å². The van der Waals surface area contributed by atoms with E-state index in [9.17, 15) is 0 Å². The van der Waals surface area contributed by atoms with E-state index in [-0.39, 0.29) is 5.54 Å². The zero-order chi connectivity index (χ0) is 8.73. The van der Waals surface area contributed by atoms with Crippen molar-refractivity contribution < 1.29 is 0 Å². The van der Waals surface area contributed by atoms with Gasteiger partial charge < -0.3 is 10.3 Å². The van der Waals surface area contributed by atoms with Crippen LogP contribution in [0, 0.1) is 0 Å². The standard InChI is InChI=1S/C10H15N3/c1-2-5-10(4-1)9-8(3-6-13-10)11-7-12-9/h7,13H,1-6H2,(H,11,12). The number of aromatic amines is 1. The van der Waals surface area contributed by atoms with Crippen molar-refractivity contribution in [1.82, 2.24) is 15.3 Å². The van der Waals surface area contributed by atoms with E-state index in [0.717, 1.165) is 13.0 Å². The molecule has 2 N–H and O–H groups in total. The van der Waals surface area contributed by atoms with Crippen LogP contribution in [-0.2, 0) is 12.0 Å². The molecule has 0 unspecified atom stereocenters. The van der Waals surface area contributed by atoms with Crippen LogP contribution in [0.2, 0.25) is 0 Å². The van der Waals surface area contributed by atoms with Gasteiger partial charge in [0.25, 0.3) is 0 Å². The third-order valence-corrected chi connectivity index (χ3v) is 3.47. The molecule has 0 radical (unpaired) electrons. The predicted molar refractivity (Wildman–Crippen MR) is 50.4 cm³/mol. The van der Waals surface area contributed by atoms with Gasteiger partial charge in [-0.3, -0.25) is 0 Å². The van der Waals surface area contributed by atoms with E-state index in [0.29, 0.717) is 0 Å². The molecule has 1 aliphatic carbocycles. The molecule has 0 amide bonds. The second-order valence-electron chi connectivity index (χ2n) is 4.20. The average molecular weight is 177 g/mol. The summed E-state index contributed by atoms with van der Waals surface area (Å²) in [6.45, 7) is 1.11. The third kappa shape index (κ3) is 0.967. The second kappa shape index (κ2) is 2.58. The Balaban J connectivity index is 2.08. The Hall–Kier alpha value is -0.830. The zero-order valence-corrected chi connectivity index (χ0v) is 7.77. The summed E-state index contributed by atoms with van der Waals surface area (Å²) in [6, 6.07) is 0. The van der Waals surface area contributed by atoms with Crippen LogP contribution in [0.1, 0.15) is 37.1 Å². The van der Waals surface area contributed by atoms with Crippen LogP contribution in [0.3, 0.4) is 0 Å². The summed E-state index contributed by atoms with van der Waals surface area (Å²) in [4.78, 5) is 7.73. The SMILES string of the molecule is c1nc2c([nH]1)CCNC21CCCC1. The maximum absolute atomic E-state index is 4.47. The summed E-state index contributed by atoms with van der Waals surface area (Å²) in [5.41, 5.74) is 2.91. The highest BCUT2D eigenvalue weighted by atomic mass is 15.1. The number of nitrogens with one attached hydrogen (secondary N) is 2. The monoisotopic (exact) mass is 177 g/mol. The first-order valence-corrected chi connectivity index (χ1v) is 5.18. The quantitative estimate of drug-likeness (QED) is 0.627. The Kier molecular flexibility index (Phi) is 1.50. The molecule has 3 heteroatoms. The van der Waals surface area contributed by atoms with E-state index in [1.807, 2.05) is 6.33 Å². The fraction of sp³-hybridized carbons (Fsp3) is 0.700. The van der Waals surface area contributed by atoms with Gasteiger partial charge in [0.15, 0.2) is 0 Å². The lowest BCUT2D eigenvalue weighted by Gasteiger charge is -2.33. The first-order chi connectivity index (χ1) is 6.41. The van der Waals surface area contributed by atoms with E-state index >= 15 is 0 Å². The molecule has 2 aliphatic rings. The molecule has 0 bridgehead atoms. The van der Waals surface area contributed by atoms with Gasteiger partial charge in [0.1, 0.15) is 0 Å². The van der Waals surface area contributed by atoms with Crippen molar-refractivity contribution in [2.45, 2.75) is 37.6 Å². The van der Waals surface area contributed by atoms with E-state index in [1.165, 1.54) is 37.1 Å². The van der Waals surface area contributed by atoms with Gasteiger partial charge >= 0.3 is 0 Å². The zero-order valence-electron chi connectivity index (χ0n) is 7.77. The summed E-state index contributed by atoms with van der Waals surface area (Å²) < 4.78 is 0. The molecule has 2 heterocycles. The molecule has 3 rings (SSSR count). The van der Waals surface area contributed by atoms with Crippen molar-refractivity contribution in [3.05, 3.63) is 17.7 Å². The van der Waals surface area contributed by atoms with Gasteiger partial charge in [-0.05, 0) is 12.8 Å². The number of hydrogen-bond acceptors (Lipinski definition) is 2. The van der Waals surface area contributed by atoms with Gasteiger partial charge in [0, 0.05) is 18.7 Å². The Labute approximate surface area is 78.0 Å². The van der Waals surface area contributed by atoms with Crippen LogP contribution in [0.25, 0.3) is 0 Å².